The van der Waals surface area contributed by atoms with Gasteiger partial charge in [0.05, 0.1) is 10.8 Å². The van der Waals surface area contributed by atoms with Crippen LogP contribution in [0, 0.1) is 0 Å². The molecule has 6 nitrogen and oxygen atoms in total. The van der Waals surface area contributed by atoms with E-state index in [-0.39, 0.29) is 5.91 Å². The van der Waals surface area contributed by atoms with Gasteiger partial charge in [-0.25, -0.2) is 5.01 Å². The number of nitrogens with one attached hydrogen (secondary N) is 1. The van der Waals surface area contributed by atoms with Gasteiger partial charge in [-0.05, 0) is 13.0 Å². The van der Waals surface area contributed by atoms with E-state index in [0.29, 0.717) is 16.2 Å². The highest BCUT2D eigenvalue weighted by atomic mass is 32.2. The van der Waals surface area contributed by atoms with Crippen LogP contribution in [-0.2, 0) is 15.6 Å². The Morgan fingerprint density at radius 1 is 1.42 bits per heavy atom. The Morgan fingerprint density at radius 3 is 2.63 bits per heavy atom. The predicted octanol–water partition coefficient (Wildman–Crippen LogP) is 0.338. The summed E-state index contributed by atoms with van der Waals surface area (Å²) >= 11 is 0. The molecule has 2 N–H and O–H groups in total. The van der Waals surface area contributed by atoms with Crippen LogP contribution in [0.25, 0.3) is 0 Å². The van der Waals surface area contributed by atoms with E-state index in [0.717, 1.165) is 5.01 Å². The maximum Gasteiger partial charge on any atom is 0.270 e. The average molecular weight is 281 g/mol. The van der Waals surface area contributed by atoms with Gasteiger partial charge in [0.1, 0.15) is 5.71 Å². The SMILES string of the molecule is CN1N=C(c2ccccc2S(C)=O)C(C)(NO)C1=O. The summed E-state index contributed by atoms with van der Waals surface area (Å²) in [5.41, 5.74) is 1.63. The predicted molar refractivity (Wildman–Crippen MR) is 71.4 cm³/mol. The molecule has 0 spiro atoms. The number of hydrazone groups is 1. The molecule has 0 bridgehead atoms. The molecule has 0 aromatic heterocycles. The van der Waals surface area contributed by atoms with Gasteiger partial charge in [0, 0.05) is 23.8 Å². The minimum absolute atomic E-state index is 0.355. The van der Waals surface area contributed by atoms with Crippen LogP contribution >= 0.6 is 0 Å². The quantitative estimate of drug-likeness (QED) is 0.783. The molecule has 2 rings (SSSR count). The lowest BCUT2D eigenvalue weighted by atomic mass is 9.91. The van der Waals surface area contributed by atoms with Crippen molar-refractivity contribution in [3.05, 3.63) is 29.8 Å². The van der Waals surface area contributed by atoms with E-state index in [9.17, 15) is 14.2 Å². The summed E-state index contributed by atoms with van der Waals surface area (Å²) in [4.78, 5) is 12.6. The highest BCUT2D eigenvalue weighted by molar-refractivity contribution is 7.84. The number of benzene rings is 1. The normalized spacial score (nSPS) is 24.5. The van der Waals surface area contributed by atoms with Crippen molar-refractivity contribution in [1.82, 2.24) is 10.5 Å². The second kappa shape index (κ2) is 4.84. The zero-order chi connectivity index (χ0) is 14.2. The van der Waals surface area contributed by atoms with Crippen molar-refractivity contribution in [2.24, 2.45) is 5.10 Å². The number of rotatable bonds is 3. The van der Waals surface area contributed by atoms with Crippen molar-refractivity contribution in [2.45, 2.75) is 17.4 Å². The van der Waals surface area contributed by atoms with E-state index in [4.69, 9.17) is 0 Å². The Morgan fingerprint density at radius 2 is 2.05 bits per heavy atom. The van der Waals surface area contributed by atoms with Gasteiger partial charge in [-0.2, -0.15) is 10.6 Å². The maximum absolute atomic E-state index is 12.0. The van der Waals surface area contributed by atoms with E-state index in [2.05, 4.69) is 5.10 Å². The summed E-state index contributed by atoms with van der Waals surface area (Å²) in [6.07, 6.45) is 1.56. The van der Waals surface area contributed by atoms with Gasteiger partial charge in [-0.1, -0.05) is 18.2 Å². The van der Waals surface area contributed by atoms with Crippen molar-refractivity contribution in [1.29, 1.82) is 0 Å². The molecule has 0 fully saturated rings. The van der Waals surface area contributed by atoms with Crippen LogP contribution in [0.2, 0.25) is 0 Å². The highest BCUT2D eigenvalue weighted by Gasteiger charge is 2.47. The molecule has 2 unspecified atom stereocenters. The average Bonchev–Trinajstić information content (AvgIpc) is 2.64. The molecular formula is C12H15N3O3S. The summed E-state index contributed by atoms with van der Waals surface area (Å²) in [6.45, 7) is 1.53. The van der Waals surface area contributed by atoms with Gasteiger partial charge in [-0.15, -0.1) is 0 Å². The summed E-state index contributed by atoms with van der Waals surface area (Å²) in [5, 5.41) is 14.6. The smallest absolute Gasteiger partial charge is 0.270 e. The summed E-state index contributed by atoms with van der Waals surface area (Å²) in [5.74, 6) is -0.373. The lowest BCUT2D eigenvalue weighted by molar-refractivity contribution is -0.134. The molecule has 2 atom stereocenters. The zero-order valence-electron chi connectivity index (χ0n) is 10.9. The molecule has 0 saturated carbocycles. The lowest BCUT2D eigenvalue weighted by Crippen LogP contribution is -2.54. The first-order valence-electron chi connectivity index (χ1n) is 5.63. The number of carbonyl (C=O) groups is 1. The Balaban J connectivity index is 2.62. The van der Waals surface area contributed by atoms with Crippen LogP contribution in [0.5, 0.6) is 0 Å². The van der Waals surface area contributed by atoms with Gasteiger partial charge in [0.25, 0.3) is 5.91 Å². The van der Waals surface area contributed by atoms with Crippen molar-refractivity contribution >= 4 is 22.4 Å². The summed E-state index contributed by atoms with van der Waals surface area (Å²) < 4.78 is 11.8. The fraction of sp³-hybridized carbons (Fsp3) is 0.333. The van der Waals surface area contributed by atoms with Crippen molar-refractivity contribution in [3.63, 3.8) is 0 Å². The molecule has 19 heavy (non-hydrogen) atoms. The number of likely N-dealkylation sites (N-methyl/N-ethyl adjacent to an activating group) is 1. The van der Waals surface area contributed by atoms with Gasteiger partial charge >= 0.3 is 0 Å². The first-order chi connectivity index (χ1) is 8.91. The molecule has 1 aromatic carbocycles. The molecule has 1 aromatic rings. The molecule has 0 aliphatic carbocycles. The fourth-order valence-electron chi connectivity index (χ4n) is 2.06. The number of hydrogen-bond acceptors (Lipinski definition) is 5. The zero-order valence-corrected chi connectivity index (χ0v) is 11.7. The third-order valence-corrected chi connectivity index (χ3v) is 4.10. The topological polar surface area (TPSA) is 82.0 Å². The van der Waals surface area contributed by atoms with Crippen LogP contribution in [0.4, 0.5) is 0 Å². The largest absolute Gasteiger partial charge is 0.315 e. The van der Waals surface area contributed by atoms with E-state index < -0.39 is 16.3 Å². The number of carbonyl (C=O) groups excluding carboxylic acids is 1. The first kappa shape index (κ1) is 13.9. The highest BCUT2D eigenvalue weighted by Crippen LogP contribution is 2.26. The first-order valence-corrected chi connectivity index (χ1v) is 7.19. The van der Waals surface area contributed by atoms with E-state index >= 15 is 0 Å². The molecule has 1 aliphatic rings. The Labute approximate surface area is 113 Å². The minimum atomic E-state index is -1.33. The fourth-order valence-corrected chi connectivity index (χ4v) is 2.80. The Hall–Kier alpha value is -1.57. The van der Waals surface area contributed by atoms with Gasteiger partial charge < -0.3 is 5.21 Å². The number of nitrogens with zero attached hydrogens (tertiary/aromatic N) is 2. The Kier molecular flexibility index (Phi) is 3.53. The van der Waals surface area contributed by atoms with Crippen molar-refractivity contribution in [2.75, 3.05) is 13.3 Å². The molecule has 7 heteroatoms. The van der Waals surface area contributed by atoms with Crippen LogP contribution in [0.3, 0.4) is 0 Å². The van der Waals surface area contributed by atoms with Gasteiger partial charge in [0.15, 0.2) is 5.54 Å². The van der Waals surface area contributed by atoms with Crippen LogP contribution in [-0.4, -0.2) is 44.9 Å². The lowest BCUT2D eigenvalue weighted by Gasteiger charge is -2.22. The number of hydroxylamine groups is 1. The van der Waals surface area contributed by atoms with Crippen molar-refractivity contribution in [3.8, 4) is 0 Å². The minimum Gasteiger partial charge on any atom is -0.315 e. The second-order valence-electron chi connectivity index (χ2n) is 4.46. The van der Waals surface area contributed by atoms with E-state index in [1.807, 2.05) is 5.48 Å². The number of hydrogen-bond donors (Lipinski definition) is 2. The summed E-state index contributed by atoms with van der Waals surface area (Å²) in [6, 6.07) is 6.99. The molecule has 1 amide bonds. The van der Waals surface area contributed by atoms with Gasteiger partial charge in [0.2, 0.25) is 0 Å². The van der Waals surface area contributed by atoms with Crippen LogP contribution in [0.15, 0.2) is 34.3 Å². The van der Waals surface area contributed by atoms with Crippen molar-refractivity contribution < 1.29 is 14.2 Å². The maximum atomic E-state index is 12.0. The van der Waals surface area contributed by atoms with E-state index in [1.54, 1.807) is 30.5 Å². The standard InChI is InChI=1S/C12H15N3O3S/c1-12(14-17)10(13-15(2)11(12)16)8-6-4-5-7-9(8)19(3)18/h4-7,14,17H,1-3H3. The number of amides is 1. The van der Waals surface area contributed by atoms with Gasteiger partial charge in [-0.3, -0.25) is 9.00 Å². The second-order valence-corrected chi connectivity index (χ2v) is 5.81. The monoisotopic (exact) mass is 281 g/mol. The van der Waals surface area contributed by atoms with Crippen LogP contribution < -0.4 is 5.48 Å². The van der Waals surface area contributed by atoms with Crippen LogP contribution in [0.1, 0.15) is 12.5 Å². The molecule has 1 heterocycles. The summed E-state index contributed by atoms with van der Waals surface area (Å²) in [7, 11) is 0.296. The third kappa shape index (κ3) is 2.09. The Bertz CT molecular complexity index is 587. The molecule has 0 radical (unpaired) electrons. The molecule has 102 valence electrons. The third-order valence-electron chi connectivity index (χ3n) is 3.12. The van der Waals surface area contributed by atoms with E-state index in [1.165, 1.54) is 14.0 Å². The molecular weight excluding hydrogens is 266 g/mol. The molecule has 0 saturated heterocycles. The molecule has 1 aliphatic heterocycles.